The summed E-state index contributed by atoms with van der Waals surface area (Å²) in [5.74, 6) is 0.155. The number of ether oxygens (including phenoxy) is 1. The summed E-state index contributed by atoms with van der Waals surface area (Å²) >= 11 is 0. The molecule has 166 valence electrons. The number of benzene rings is 1. The first-order chi connectivity index (χ1) is 14.8. The molecule has 1 aromatic carbocycles. The van der Waals surface area contributed by atoms with Gasteiger partial charge in [-0.1, -0.05) is 44.2 Å². The molecule has 1 aliphatic carbocycles. The van der Waals surface area contributed by atoms with E-state index in [4.69, 9.17) is 4.74 Å². The Kier molecular flexibility index (Phi) is 5.77. The molecule has 0 spiro atoms. The van der Waals surface area contributed by atoms with E-state index >= 15 is 0 Å². The highest BCUT2D eigenvalue weighted by molar-refractivity contribution is 5.92. The van der Waals surface area contributed by atoms with Crippen LogP contribution in [0.5, 0.6) is 0 Å². The van der Waals surface area contributed by atoms with Crippen LogP contribution >= 0.6 is 0 Å². The van der Waals surface area contributed by atoms with Gasteiger partial charge in [-0.15, -0.1) is 0 Å². The molecule has 2 aliphatic rings. The van der Waals surface area contributed by atoms with Crippen molar-refractivity contribution in [2.45, 2.75) is 83.0 Å². The van der Waals surface area contributed by atoms with Crippen LogP contribution in [-0.2, 0) is 4.74 Å². The topological polar surface area (TPSA) is 87.3 Å². The molecule has 4 rings (SSSR count). The lowest BCUT2D eigenvalue weighted by molar-refractivity contribution is 0.0663. The summed E-state index contributed by atoms with van der Waals surface area (Å²) in [6.45, 7) is 8.05. The van der Waals surface area contributed by atoms with Crippen LogP contribution in [-0.4, -0.2) is 44.8 Å². The first kappa shape index (κ1) is 21.4. The number of amides is 2. The zero-order valence-corrected chi connectivity index (χ0v) is 18.7. The van der Waals surface area contributed by atoms with Gasteiger partial charge in [0.2, 0.25) is 0 Å². The van der Waals surface area contributed by atoms with Gasteiger partial charge in [-0.05, 0) is 57.1 Å². The second kappa shape index (κ2) is 8.36. The molecule has 1 saturated carbocycles. The summed E-state index contributed by atoms with van der Waals surface area (Å²) in [5.41, 5.74) is 1.89. The van der Waals surface area contributed by atoms with Crippen LogP contribution in [0.2, 0.25) is 0 Å². The van der Waals surface area contributed by atoms with E-state index in [-0.39, 0.29) is 36.0 Å². The molecule has 1 unspecified atom stereocenters. The van der Waals surface area contributed by atoms with E-state index < -0.39 is 5.60 Å². The molecule has 7 nitrogen and oxygen atoms in total. The zero-order valence-electron chi connectivity index (χ0n) is 18.7. The van der Waals surface area contributed by atoms with E-state index in [9.17, 15) is 9.59 Å². The quantitative estimate of drug-likeness (QED) is 0.737. The SMILES string of the molecule is CC(C)c1cc(C(=O)NC2CCC(N3C(=O)OC(C)(C)C3c3ccccc3)CC2)[nH]n1. The molecule has 1 atom stereocenters. The van der Waals surface area contributed by atoms with Crippen LogP contribution in [0.15, 0.2) is 36.4 Å². The summed E-state index contributed by atoms with van der Waals surface area (Å²) in [6, 6.07) is 12.0. The van der Waals surface area contributed by atoms with Gasteiger partial charge in [-0.25, -0.2) is 4.79 Å². The number of rotatable bonds is 5. The maximum Gasteiger partial charge on any atom is 0.411 e. The largest absolute Gasteiger partial charge is 0.441 e. The third kappa shape index (κ3) is 4.31. The summed E-state index contributed by atoms with van der Waals surface area (Å²) in [7, 11) is 0. The van der Waals surface area contributed by atoms with Crippen LogP contribution < -0.4 is 5.32 Å². The van der Waals surface area contributed by atoms with Crippen molar-refractivity contribution in [3.05, 3.63) is 53.3 Å². The van der Waals surface area contributed by atoms with Crippen molar-refractivity contribution in [2.75, 3.05) is 0 Å². The molecule has 2 aromatic rings. The van der Waals surface area contributed by atoms with E-state index in [1.807, 2.05) is 56.9 Å². The average Bonchev–Trinajstić information content (AvgIpc) is 3.32. The highest BCUT2D eigenvalue weighted by Crippen LogP contribution is 2.44. The number of H-pyrrole nitrogens is 1. The van der Waals surface area contributed by atoms with Gasteiger partial charge in [0, 0.05) is 12.1 Å². The molecule has 2 fully saturated rings. The van der Waals surface area contributed by atoms with E-state index in [0.29, 0.717) is 5.69 Å². The van der Waals surface area contributed by atoms with Crippen molar-refractivity contribution >= 4 is 12.0 Å². The van der Waals surface area contributed by atoms with Crippen molar-refractivity contribution in [3.63, 3.8) is 0 Å². The van der Waals surface area contributed by atoms with Gasteiger partial charge < -0.3 is 10.1 Å². The minimum Gasteiger partial charge on any atom is -0.441 e. The molecule has 1 aromatic heterocycles. The first-order valence-corrected chi connectivity index (χ1v) is 11.2. The summed E-state index contributed by atoms with van der Waals surface area (Å²) in [5, 5.41) is 10.2. The Morgan fingerprint density at radius 1 is 1.19 bits per heavy atom. The zero-order chi connectivity index (χ0) is 22.2. The van der Waals surface area contributed by atoms with Gasteiger partial charge in [-0.3, -0.25) is 14.8 Å². The highest BCUT2D eigenvalue weighted by atomic mass is 16.6. The van der Waals surface area contributed by atoms with Gasteiger partial charge in [0.25, 0.3) is 5.91 Å². The van der Waals surface area contributed by atoms with Crippen molar-refractivity contribution < 1.29 is 14.3 Å². The molecule has 7 heteroatoms. The van der Waals surface area contributed by atoms with Gasteiger partial charge in [0.1, 0.15) is 11.3 Å². The van der Waals surface area contributed by atoms with Crippen LogP contribution in [0.4, 0.5) is 4.79 Å². The predicted octanol–water partition coefficient (Wildman–Crippen LogP) is 4.55. The van der Waals surface area contributed by atoms with Gasteiger partial charge in [-0.2, -0.15) is 5.10 Å². The Morgan fingerprint density at radius 2 is 1.87 bits per heavy atom. The number of carbonyl (C=O) groups is 2. The fourth-order valence-corrected chi connectivity index (χ4v) is 4.84. The smallest absolute Gasteiger partial charge is 0.411 e. The number of carbonyl (C=O) groups excluding carboxylic acids is 2. The standard InChI is InChI=1S/C24H32N4O3/c1-15(2)19-14-20(27-26-19)22(29)25-17-10-12-18(13-11-17)28-21(16-8-6-5-7-9-16)24(3,4)31-23(28)30/h5-9,14-15,17-18,21H,10-13H2,1-4H3,(H,25,29)(H,26,27). The van der Waals surface area contributed by atoms with Crippen molar-refractivity contribution in [3.8, 4) is 0 Å². The number of cyclic esters (lactones) is 1. The predicted molar refractivity (Wildman–Crippen MR) is 118 cm³/mol. The number of nitrogens with one attached hydrogen (secondary N) is 2. The van der Waals surface area contributed by atoms with E-state index in [0.717, 1.165) is 36.9 Å². The second-order valence-corrected chi connectivity index (χ2v) is 9.53. The average molecular weight is 425 g/mol. The number of aromatic nitrogens is 2. The molecule has 0 bridgehead atoms. The fourth-order valence-electron chi connectivity index (χ4n) is 4.84. The van der Waals surface area contributed by atoms with Gasteiger partial charge in [0.15, 0.2) is 0 Å². The summed E-state index contributed by atoms with van der Waals surface area (Å²) in [4.78, 5) is 27.3. The van der Waals surface area contributed by atoms with Crippen LogP contribution in [0.1, 0.15) is 87.1 Å². The monoisotopic (exact) mass is 424 g/mol. The molecule has 0 radical (unpaired) electrons. The third-order valence-electron chi connectivity index (χ3n) is 6.47. The van der Waals surface area contributed by atoms with Crippen LogP contribution in [0, 0.1) is 0 Å². The molecule has 1 aliphatic heterocycles. The third-order valence-corrected chi connectivity index (χ3v) is 6.47. The summed E-state index contributed by atoms with van der Waals surface area (Å²) < 4.78 is 5.76. The lowest BCUT2D eigenvalue weighted by atomic mass is 9.86. The lowest BCUT2D eigenvalue weighted by Gasteiger charge is -2.38. The van der Waals surface area contributed by atoms with Gasteiger partial charge >= 0.3 is 6.09 Å². The van der Waals surface area contributed by atoms with E-state index in [1.54, 1.807) is 0 Å². The maximum absolute atomic E-state index is 12.8. The van der Waals surface area contributed by atoms with Crippen molar-refractivity contribution in [1.82, 2.24) is 20.4 Å². The minimum atomic E-state index is -0.585. The van der Waals surface area contributed by atoms with Gasteiger partial charge in [0.05, 0.1) is 11.7 Å². The molecule has 31 heavy (non-hydrogen) atoms. The van der Waals surface area contributed by atoms with Crippen molar-refractivity contribution in [2.24, 2.45) is 0 Å². The molecule has 2 amide bonds. The Hall–Kier alpha value is -2.83. The Balaban J connectivity index is 1.40. The molecule has 2 heterocycles. The molecular formula is C24H32N4O3. The fraction of sp³-hybridized carbons (Fsp3) is 0.542. The van der Waals surface area contributed by atoms with Crippen molar-refractivity contribution in [1.29, 1.82) is 0 Å². The molecule has 2 N–H and O–H groups in total. The minimum absolute atomic E-state index is 0.0939. The Bertz CT molecular complexity index is 929. The number of nitrogens with zero attached hydrogens (tertiary/aromatic N) is 2. The summed E-state index contributed by atoms with van der Waals surface area (Å²) in [6.07, 6.45) is 3.07. The maximum atomic E-state index is 12.8. The first-order valence-electron chi connectivity index (χ1n) is 11.2. The molecule has 1 saturated heterocycles. The molecular weight excluding hydrogens is 392 g/mol. The van der Waals surface area contributed by atoms with Crippen LogP contribution in [0.25, 0.3) is 0 Å². The number of hydrogen-bond donors (Lipinski definition) is 2. The van der Waals surface area contributed by atoms with Crippen LogP contribution in [0.3, 0.4) is 0 Å². The Labute approximate surface area is 183 Å². The highest BCUT2D eigenvalue weighted by Gasteiger charge is 2.51. The van der Waals surface area contributed by atoms with E-state index in [1.165, 1.54) is 0 Å². The lowest BCUT2D eigenvalue weighted by Crippen LogP contribution is -2.46. The van der Waals surface area contributed by atoms with E-state index in [2.05, 4.69) is 27.6 Å². The number of hydrogen-bond acceptors (Lipinski definition) is 4. The second-order valence-electron chi connectivity index (χ2n) is 9.53. The normalized spacial score (nSPS) is 25.5. The Morgan fingerprint density at radius 3 is 2.48 bits per heavy atom. The number of aromatic amines is 1.